The zero-order chi connectivity index (χ0) is 11.3. The van der Waals surface area contributed by atoms with Gasteiger partial charge in [0.25, 0.3) is 0 Å². The third kappa shape index (κ3) is 3.62. The van der Waals surface area contributed by atoms with E-state index in [0.29, 0.717) is 11.7 Å². The van der Waals surface area contributed by atoms with Crippen LogP contribution in [0.15, 0.2) is 0 Å². The summed E-state index contributed by atoms with van der Waals surface area (Å²) in [5.74, 6) is 0.896. The molecule has 1 nitrogen and oxygen atoms in total. The molecule has 1 fully saturated rings. The van der Waals surface area contributed by atoms with Gasteiger partial charge in [0.05, 0.1) is 0 Å². The van der Waals surface area contributed by atoms with Gasteiger partial charge >= 0.3 is 0 Å². The van der Waals surface area contributed by atoms with Crippen LogP contribution in [-0.2, 0) is 4.79 Å². The minimum absolute atomic E-state index is 0.280. The second-order valence-corrected chi connectivity index (χ2v) is 5.71. The van der Waals surface area contributed by atoms with Crippen molar-refractivity contribution >= 4 is 5.78 Å². The Morgan fingerprint density at radius 1 is 1.27 bits per heavy atom. The zero-order valence-electron chi connectivity index (χ0n) is 10.6. The van der Waals surface area contributed by atoms with E-state index < -0.39 is 0 Å². The molecule has 0 bridgehead atoms. The molecule has 0 N–H and O–H groups in total. The standard InChI is InChI=1S/C14H26O/c1-4-5-6-7-10-13(15)12-9-8-11-14(12,2)3/h12H,4-11H2,1-3H3. The van der Waals surface area contributed by atoms with Crippen LogP contribution in [0.2, 0.25) is 0 Å². The Hall–Kier alpha value is -0.330. The highest BCUT2D eigenvalue weighted by molar-refractivity contribution is 5.82. The first-order valence-corrected chi connectivity index (χ1v) is 6.60. The van der Waals surface area contributed by atoms with Crippen LogP contribution in [0.5, 0.6) is 0 Å². The molecule has 1 aliphatic rings. The van der Waals surface area contributed by atoms with Crippen LogP contribution in [0.1, 0.15) is 72.1 Å². The highest BCUT2D eigenvalue weighted by Crippen LogP contribution is 2.43. The molecule has 1 unspecified atom stereocenters. The molecule has 0 amide bonds. The molecular formula is C14H26O. The summed E-state index contributed by atoms with van der Waals surface area (Å²) in [6.45, 7) is 6.73. The number of hydrogen-bond donors (Lipinski definition) is 0. The van der Waals surface area contributed by atoms with Crippen LogP contribution in [-0.4, -0.2) is 5.78 Å². The van der Waals surface area contributed by atoms with Crippen molar-refractivity contribution in [3.63, 3.8) is 0 Å². The Morgan fingerprint density at radius 3 is 2.53 bits per heavy atom. The molecule has 1 aliphatic carbocycles. The van der Waals surface area contributed by atoms with Gasteiger partial charge in [-0.2, -0.15) is 0 Å². The average Bonchev–Trinajstić information content (AvgIpc) is 2.52. The zero-order valence-corrected chi connectivity index (χ0v) is 10.6. The van der Waals surface area contributed by atoms with E-state index in [1.807, 2.05) is 0 Å². The summed E-state index contributed by atoms with van der Waals surface area (Å²) in [4.78, 5) is 12.0. The van der Waals surface area contributed by atoms with Crippen LogP contribution >= 0.6 is 0 Å². The highest BCUT2D eigenvalue weighted by Gasteiger charge is 2.38. The Bertz CT molecular complexity index is 205. The average molecular weight is 210 g/mol. The van der Waals surface area contributed by atoms with Crippen molar-refractivity contribution in [1.29, 1.82) is 0 Å². The van der Waals surface area contributed by atoms with E-state index in [1.165, 1.54) is 32.1 Å². The molecule has 0 radical (unpaired) electrons. The van der Waals surface area contributed by atoms with Gasteiger partial charge in [0.2, 0.25) is 0 Å². The number of Topliss-reactive ketones (excluding diaryl/α,β-unsaturated/α-hetero) is 1. The van der Waals surface area contributed by atoms with Crippen LogP contribution in [0.4, 0.5) is 0 Å². The van der Waals surface area contributed by atoms with E-state index in [2.05, 4.69) is 20.8 Å². The normalized spacial score (nSPS) is 24.3. The first kappa shape index (κ1) is 12.7. The van der Waals surface area contributed by atoms with Gasteiger partial charge < -0.3 is 0 Å². The van der Waals surface area contributed by atoms with Gasteiger partial charge in [-0.25, -0.2) is 0 Å². The monoisotopic (exact) mass is 210 g/mol. The Kier molecular flexibility index (Phi) is 4.82. The molecule has 15 heavy (non-hydrogen) atoms. The van der Waals surface area contributed by atoms with Gasteiger partial charge in [-0.3, -0.25) is 4.79 Å². The second-order valence-electron chi connectivity index (χ2n) is 5.71. The van der Waals surface area contributed by atoms with Crippen LogP contribution in [0.25, 0.3) is 0 Å². The number of ketones is 1. The van der Waals surface area contributed by atoms with Gasteiger partial charge in [0.1, 0.15) is 5.78 Å². The fourth-order valence-electron chi connectivity index (χ4n) is 2.82. The summed E-state index contributed by atoms with van der Waals surface area (Å²) in [7, 11) is 0. The highest BCUT2D eigenvalue weighted by atomic mass is 16.1. The van der Waals surface area contributed by atoms with Gasteiger partial charge in [0, 0.05) is 12.3 Å². The number of carbonyl (C=O) groups is 1. The molecule has 88 valence electrons. The van der Waals surface area contributed by atoms with Crippen molar-refractivity contribution in [2.75, 3.05) is 0 Å². The van der Waals surface area contributed by atoms with Crippen molar-refractivity contribution in [2.24, 2.45) is 11.3 Å². The van der Waals surface area contributed by atoms with Gasteiger partial charge in [-0.05, 0) is 24.7 Å². The summed E-state index contributed by atoms with van der Waals surface area (Å²) < 4.78 is 0. The first-order chi connectivity index (χ1) is 7.08. The maximum atomic E-state index is 12.0. The number of hydrogen-bond acceptors (Lipinski definition) is 1. The molecule has 1 rings (SSSR count). The Morgan fingerprint density at radius 2 is 2.00 bits per heavy atom. The van der Waals surface area contributed by atoms with Crippen molar-refractivity contribution in [3.05, 3.63) is 0 Å². The predicted octanol–water partition coefficient (Wildman–Crippen LogP) is 4.35. The Labute approximate surface area is 94.6 Å². The largest absolute Gasteiger partial charge is 0.299 e. The third-order valence-corrected chi connectivity index (χ3v) is 3.92. The molecule has 0 heterocycles. The molecule has 0 aromatic heterocycles. The predicted molar refractivity (Wildman–Crippen MR) is 64.9 cm³/mol. The number of rotatable bonds is 6. The molecule has 1 atom stereocenters. The van der Waals surface area contributed by atoms with Crippen molar-refractivity contribution < 1.29 is 4.79 Å². The smallest absolute Gasteiger partial charge is 0.136 e. The minimum Gasteiger partial charge on any atom is -0.299 e. The van der Waals surface area contributed by atoms with Crippen molar-refractivity contribution in [2.45, 2.75) is 72.1 Å². The van der Waals surface area contributed by atoms with E-state index in [0.717, 1.165) is 19.3 Å². The van der Waals surface area contributed by atoms with Crippen molar-refractivity contribution in [1.82, 2.24) is 0 Å². The second kappa shape index (κ2) is 5.67. The molecule has 0 saturated heterocycles. The van der Waals surface area contributed by atoms with E-state index in [-0.39, 0.29) is 5.41 Å². The van der Waals surface area contributed by atoms with Crippen LogP contribution < -0.4 is 0 Å². The molecule has 1 heteroatoms. The van der Waals surface area contributed by atoms with Gasteiger partial charge in [-0.1, -0.05) is 46.5 Å². The molecule has 0 aliphatic heterocycles. The summed E-state index contributed by atoms with van der Waals surface area (Å²) in [5.41, 5.74) is 0.280. The van der Waals surface area contributed by atoms with E-state index in [4.69, 9.17) is 0 Å². The van der Waals surface area contributed by atoms with Gasteiger partial charge in [-0.15, -0.1) is 0 Å². The lowest BCUT2D eigenvalue weighted by Gasteiger charge is -2.25. The molecular weight excluding hydrogens is 184 g/mol. The number of carbonyl (C=O) groups excluding carboxylic acids is 1. The summed E-state index contributed by atoms with van der Waals surface area (Å²) >= 11 is 0. The Balaban J connectivity index is 2.28. The quantitative estimate of drug-likeness (QED) is 0.596. The maximum Gasteiger partial charge on any atom is 0.136 e. The SMILES string of the molecule is CCCCCCC(=O)C1CCCC1(C)C. The summed E-state index contributed by atoms with van der Waals surface area (Å²) in [5, 5.41) is 0. The van der Waals surface area contributed by atoms with Crippen molar-refractivity contribution in [3.8, 4) is 0 Å². The topological polar surface area (TPSA) is 17.1 Å². The summed E-state index contributed by atoms with van der Waals surface area (Å²) in [6.07, 6.45) is 9.32. The fraction of sp³-hybridized carbons (Fsp3) is 0.929. The molecule has 0 aromatic rings. The van der Waals surface area contributed by atoms with Gasteiger partial charge in [0.15, 0.2) is 0 Å². The maximum absolute atomic E-state index is 12.0. The van der Waals surface area contributed by atoms with E-state index in [9.17, 15) is 4.79 Å². The fourth-order valence-corrected chi connectivity index (χ4v) is 2.82. The summed E-state index contributed by atoms with van der Waals surface area (Å²) in [6, 6.07) is 0. The lowest BCUT2D eigenvalue weighted by molar-refractivity contribution is -0.125. The lowest BCUT2D eigenvalue weighted by Crippen LogP contribution is -2.25. The third-order valence-electron chi connectivity index (χ3n) is 3.92. The number of unbranched alkanes of at least 4 members (excludes halogenated alkanes) is 3. The molecule has 0 aromatic carbocycles. The first-order valence-electron chi connectivity index (χ1n) is 6.60. The molecule has 0 spiro atoms. The van der Waals surface area contributed by atoms with Crippen LogP contribution in [0.3, 0.4) is 0 Å². The minimum atomic E-state index is 0.280. The van der Waals surface area contributed by atoms with Crippen LogP contribution in [0, 0.1) is 11.3 Å². The van der Waals surface area contributed by atoms with E-state index >= 15 is 0 Å². The molecule has 1 saturated carbocycles. The van der Waals surface area contributed by atoms with E-state index in [1.54, 1.807) is 0 Å². The lowest BCUT2D eigenvalue weighted by atomic mass is 9.78.